The molecule has 112 valence electrons. The van der Waals surface area contributed by atoms with Crippen LogP contribution in [0.3, 0.4) is 0 Å². The Morgan fingerprint density at radius 2 is 2.10 bits per heavy atom. The van der Waals surface area contributed by atoms with Crippen LogP contribution in [0.4, 0.5) is 0 Å². The number of benzene rings is 1. The topological polar surface area (TPSA) is 63.2 Å². The molecule has 2 heterocycles. The standard InChI is InChI=1S/C14H17N3O2S2/c1-11-15-14(20-16-11)13-8-5-9-17(13)21(18,19)10-12-6-3-2-4-7-12/h2-4,6-7,13H,5,8-10H2,1H3. The highest BCUT2D eigenvalue weighted by Crippen LogP contribution is 2.35. The van der Waals surface area contributed by atoms with Gasteiger partial charge in [-0.05, 0) is 36.9 Å². The number of hydrogen-bond acceptors (Lipinski definition) is 5. The van der Waals surface area contributed by atoms with Gasteiger partial charge in [-0.1, -0.05) is 30.3 Å². The highest BCUT2D eigenvalue weighted by Gasteiger charge is 2.36. The third kappa shape index (κ3) is 3.14. The van der Waals surface area contributed by atoms with Crippen molar-refractivity contribution >= 4 is 21.6 Å². The van der Waals surface area contributed by atoms with Crippen LogP contribution in [0.1, 0.15) is 35.3 Å². The van der Waals surface area contributed by atoms with Crippen molar-refractivity contribution in [2.45, 2.75) is 31.6 Å². The van der Waals surface area contributed by atoms with Crippen molar-refractivity contribution in [3.8, 4) is 0 Å². The Bertz CT molecular complexity index is 713. The molecular weight excluding hydrogens is 306 g/mol. The molecule has 1 fully saturated rings. The van der Waals surface area contributed by atoms with Crippen LogP contribution in [-0.4, -0.2) is 28.6 Å². The molecule has 1 aliphatic rings. The molecule has 1 aromatic heterocycles. The maximum Gasteiger partial charge on any atom is 0.218 e. The fraction of sp³-hybridized carbons (Fsp3) is 0.429. The zero-order valence-electron chi connectivity index (χ0n) is 11.8. The molecule has 5 nitrogen and oxygen atoms in total. The van der Waals surface area contributed by atoms with E-state index in [9.17, 15) is 8.42 Å². The van der Waals surface area contributed by atoms with Crippen LogP contribution in [-0.2, 0) is 15.8 Å². The van der Waals surface area contributed by atoms with Crippen molar-refractivity contribution in [3.63, 3.8) is 0 Å². The second-order valence-corrected chi connectivity index (χ2v) is 7.90. The van der Waals surface area contributed by atoms with Gasteiger partial charge in [0, 0.05) is 6.54 Å². The van der Waals surface area contributed by atoms with Gasteiger partial charge in [0.05, 0.1) is 11.8 Å². The van der Waals surface area contributed by atoms with Crippen molar-refractivity contribution in [1.29, 1.82) is 0 Å². The van der Waals surface area contributed by atoms with Crippen molar-refractivity contribution in [2.75, 3.05) is 6.54 Å². The minimum atomic E-state index is -3.33. The van der Waals surface area contributed by atoms with Crippen LogP contribution in [0.15, 0.2) is 30.3 Å². The number of sulfonamides is 1. The first-order valence-corrected chi connectivity index (χ1v) is 9.28. The molecule has 0 spiro atoms. The first-order chi connectivity index (χ1) is 10.1. The van der Waals surface area contributed by atoms with Crippen LogP contribution in [0.2, 0.25) is 0 Å². The van der Waals surface area contributed by atoms with E-state index < -0.39 is 10.0 Å². The average molecular weight is 323 g/mol. The second kappa shape index (κ2) is 5.82. The van der Waals surface area contributed by atoms with Crippen LogP contribution in [0.5, 0.6) is 0 Å². The Morgan fingerprint density at radius 1 is 1.33 bits per heavy atom. The summed E-state index contributed by atoms with van der Waals surface area (Å²) in [6, 6.07) is 9.15. The summed E-state index contributed by atoms with van der Waals surface area (Å²) in [6.07, 6.45) is 1.69. The van der Waals surface area contributed by atoms with Gasteiger partial charge in [0.25, 0.3) is 0 Å². The van der Waals surface area contributed by atoms with Gasteiger partial charge >= 0.3 is 0 Å². The van der Waals surface area contributed by atoms with E-state index in [4.69, 9.17) is 0 Å². The van der Waals surface area contributed by atoms with Gasteiger partial charge in [0.15, 0.2) is 0 Å². The normalized spacial score (nSPS) is 20.0. The fourth-order valence-electron chi connectivity index (χ4n) is 2.64. The Hall–Kier alpha value is -1.31. The van der Waals surface area contributed by atoms with E-state index in [1.54, 1.807) is 4.31 Å². The molecule has 1 saturated heterocycles. The van der Waals surface area contributed by atoms with Crippen molar-refractivity contribution in [1.82, 2.24) is 13.7 Å². The minimum Gasteiger partial charge on any atom is -0.223 e. The lowest BCUT2D eigenvalue weighted by Gasteiger charge is -2.22. The predicted octanol–water partition coefficient (Wildman–Crippen LogP) is 2.51. The van der Waals surface area contributed by atoms with E-state index in [0.29, 0.717) is 12.4 Å². The molecule has 0 aliphatic carbocycles. The zero-order chi connectivity index (χ0) is 14.9. The number of aryl methyl sites for hydroxylation is 1. The smallest absolute Gasteiger partial charge is 0.218 e. The molecular formula is C14H17N3O2S2. The molecule has 7 heteroatoms. The Morgan fingerprint density at radius 3 is 2.76 bits per heavy atom. The van der Waals surface area contributed by atoms with Gasteiger partial charge in [-0.25, -0.2) is 13.4 Å². The Labute approximate surface area is 128 Å². The largest absolute Gasteiger partial charge is 0.223 e. The van der Waals surface area contributed by atoms with Gasteiger partial charge in [0.2, 0.25) is 10.0 Å². The maximum atomic E-state index is 12.7. The lowest BCUT2D eigenvalue weighted by Crippen LogP contribution is -2.31. The van der Waals surface area contributed by atoms with E-state index in [0.717, 1.165) is 23.4 Å². The van der Waals surface area contributed by atoms with Crippen LogP contribution in [0, 0.1) is 6.92 Å². The molecule has 1 unspecified atom stereocenters. The summed E-state index contributed by atoms with van der Waals surface area (Å²) in [5.41, 5.74) is 0.816. The summed E-state index contributed by atoms with van der Waals surface area (Å²) in [6.45, 7) is 2.40. The third-order valence-corrected chi connectivity index (χ3v) is 6.34. The molecule has 0 radical (unpaired) electrons. The number of hydrogen-bond donors (Lipinski definition) is 0. The lowest BCUT2D eigenvalue weighted by molar-refractivity contribution is 0.395. The quantitative estimate of drug-likeness (QED) is 0.867. The molecule has 0 N–H and O–H groups in total. The van der Waals surface area contributed by atoms with E-state index in [1.807, 2.05) is 37.3 Å². The summed E-state index contributed by atoms with van der Waals surface area (Å²) in [7, 11) is -3.33. The van der Waals surface area contributed by atoms with Gasteiger partial charge < -0.3 is 0 Å². The summed E-state index contributed by atoms with van der Waals surface area (Å²) in [4.78, 5) is 4.36. The molecule has 0 bridgehead atoms. The highest BCUT2D eigenvalue weighted by atomic mass is 32.2. The maximum absolute atomic E-state index is 12.7. The van der Waals surface area contributed by atoms with Crippen molar-refractivity contribution in [2.24, 2.45) is 0 Å². The van der Waals surface area contributed by atoms with Gasteiger partial charge in [0.1, 0.15) is 10.8 Å². The summed E-state index contributed by atoms with van der Waals surface area (Å²) < 4.78 is 31.1. The molecule has 1 aliphatic heterocycles. The third-order valence-electron chi connectivity index (χ3n) is 3.58. The number of aromatic nitrogens is 2. The average Bonchev–Trinajstić information content (AvgIpc) is 3.07. The van der Waals surface area contributed by atoms with Crippen LogP contribution < -0.4 is 0 Å². The molecule has 0 saturated carbocycles. The molecule has 0 amide bonds. The first-order valence-electron chi connectivity index (χ1n) is 6.90. The number of nitrogens with zero attached hydrogens (tertiary/aromatic N) is 3. The van der Waals surface area contributed by atoms with E-state index in [-0.39, 0.29) is 11.8 Å². The van der Waals surface area contributed by atoms with E-state index >= 15 is 0 Å². The Kier molecular flexibility index (Phi) is 4.05. The summed E-state index contributed by atoms with van der Waals surface area (Å²) in [5, 5.41) is 0.807. The second-order valence-electron chi connectivity index (χ2n) is 5.19. The van der Waals surface area contributed by atoms with E-state index in [1.165, 1.54) is 11.5 Å². The highest BCUT2D eigenvalue weighted by molar-refractivity contribution is 7.88. The summed E-state index contributed by atoms with van der Waals surface area (Å²) >= 11 is 1.31. The molecule has 1 atom stereocenters. The molecule has 2 aromatic rings. The fourth-order valence-corrected chi connectivity index (χ4v) is 5.29. The van der Waals surface area contributed by atoms with Gasteiger partial charge in [-0.3, -0.25) is 0 Å². The molecule has 21 heavy (non-hydrogen) atoms. The van der Waals surface area contributed by atoms with Crippen LogP contribution >= 0.6 is 11.5 Å². The van der Waals surface area contributed by atoms with E-state index in [2.05, 4.69) is 9.36 Å². The number of rotatable bonds is 4. The lowest BCUT2D eigenvalue weighted by atomic mass is 10.2. The predicted molar refractivity (Wildman–Crippen MR) is 82.4 cm³/mol. The van der Waals surface area contributed by atoms with Gasteiger partial charge in [-0.15, -0.1) is 0 Å². The van der Waals surface area contributed by atoms with Crippen molar-refractivity contribution < 1.29 is 8.42 Å². The summed E-state index contributed by atoms with van der Waals surface area (Å²) in [5.74, 6) is 0.754. The van der Waals surface area contributed by atoms with Crippen molar-refractivity contribution in [3.05, 3.63) is 46.7 Å². The van der Waals surface area contributed by atoms with Gasteiger partial charge in [-0.2, -0.15) is 8.68 Å². The monoisotopic (exact) mass is 323 g/mol. The minimum absolute atomic E-state index is 0.0438. The Balaban J connectivity index is 1.84. The van der Waals surface area contributed by atoms with Crippen LogP contribution in [0.25, 0.3) is 0 Å². The first kappa shape index (κ1) is 14.6. The zero-order valence-corrected chi connectivity index (χ0v) is 13.4. The SMILES string of the molecule is Cc1nsc(C2CCCN2S(=O)(=O)Cc2ccccc2)n1. The molecule has 3 rings (SSSR count). The molecule has 1 aromatic carbocycles.